The Bertz CT molecular complexity index is 422. The molecule has 1 aromatic rings. The van der Waals surface area contributed by atoms with Gasteiger partial charge >= 0.3 is 0 Å². The summed E-state index contributed by atoms with van der Waals surface area (Å²) < 4.78 is 41.9. The topological polar surface area (TPSA) is 47.9 Å². The summed E-state index contributed by atoms with van der Waals surface area (Å²) in [6, 6.07) is 2.93. The van der Waals surface area contributed by atoms with Crippen molar-refractivity contribution in [3.63, 3.8) is 0 Å². The molecule has 1 aliphatic heterocycles. The summed E-state index contributed by atoms with van der Waals surface area (Å²) >= 11 is 0. The van der Waals surface area contributed by atoms with Gasteiger partial charge in [0.25, 0.3) is 0 Å². The Kier molecular flexibility index (Phi) is 5.70. The first-order valence-corrected chi connectivity index (χ1v) is 6.60. The monoisotopic (exact) mass is 288 g/mol. The normalized spacial score (nSPS) is 17.9. The Morgan fingerprint density at radius 1 is 1.25 bits per heavy atom. The molecular formula is C14H18F2O4. The molecule has 1 N–H and O–H groups in total. The summed E-state index contributed by atoms with van der Waals surface area (Å²) in [5, 5.41) is 9.70. The van der Waals surface area contributed by atoms with E-state index in [1.807, 2.05) is 0 Å². The molecule has 0 aliphatic carbocycles. The minimum atomic E-state index is -0.888. The maximum Gasteiger partial charge on any atom is 0.165 e. The highest BCUT2D eigenvalue weighted by Crippen LogP contribution is 2.18. The zero-order valence-corrected chi connectivity index (χ0v) is 11.1. The molecule has 1 saturated heterocycles. The fourth-order valence-corrected chi connectivity index (χ4v) is 1.91. The van der Waals surface area contributed by atoms with E-state index in [4.69, 9.17) is 14.2 Å². The van der Waals surface area contributed by atoms with Crippen LogP contribution < -0.4 is 4.74 Å². The van der Waals surface area contributed by atoms with Gasteiger partial charge in [-0.15, -0.1) is 0 Å². The van der Waals surface area contributed by atoms with E-state index < -0.39 is 17.7 Å². The van der Waals surface area contributed by atoms with Gasteiger partial charge in [-0.25, -0.2) is 8.78 Å². The van der Waals surface area contributed by atoms with Crippen LogP contribution in [0.3, 0.4) is 0 Å². The second kappa shape index (κ2) is 7.52. The lowest BCUT2D eigenvalue weighted by Gasteiger charge is -2.23. The molecule has 4 nitrogen and oxygen atoms in total. The average molecular weight is 288 g/mol. The molecule has 1 atom stereocenters. The number of ether oxygens (including phenoxy) is 3. The van der Waals surface area contributed by atoms with E-state index in [-0.39, 0.29) is 25.1 Å². The second-order valence-corrected chi connectivity index (χ2v) is 4.68. The van der Waals surface area contributed by atoms with Crippen LogP contribution in [0.1, 0.15) is 12.8 Å². The molecule has 0 spiro atoms. The van der Waals surface area contributed by atoms with Crippen LogP contribution in [0.4, 0.5) is 8.78 Å². The van der Waals surface area contributed by atoms with E-state index in [9.17, 15) is 13.9 Å². The molecule has 0 aromatic heterocycles. The lowest BCUT2D eigenvalue weighted by molar-refractivity contribution is -0.0661. The van der Waals surface area contributed by atoms with Gasteiger partial charge in [-0.2, -0.15) is 0 Å². The highest BCUT2D eigenvalue weighted by molar-refractivity contribution is 5.24. The summed E-state index contributed by atoms with van der Waals surface area (Å²) in [5.41, 5.74) is 0. The van der Waals surface area contributed by atoms with E-state index >= 15 is 0 Å². The lowest BCUT2D eigenvalue weighted by Crippen LogP contribution is -2.30. The van der Waals surface area contributed by atoms with Gasteiger partial charge in [0.05, 0.1) is 12.7 Å². The first-order valence-electron chi connectivity index (χ1n) is 6.60. The number of hydrogen-bond donors (Lipinski definition) is 1. The summed E-state index contributed by atoms with van der Waals surface area (Å²) in [6.45, 7) is 1.27. The average Bonchev–Trinajstić information content (AvgIpc) is 2.47. The van der Waals surface area contributed by atoms with Crippen molar-refractivity contribution in [2.24, 2.45) is 0 Å². The van der Waals surface area contributed by atoms with Crippen molar-refractivity contribution in [3.05, 3.63) is 29.8 Å². The van der Waals surface area contributed by atoms with Crippen LogP contribution in [0.25, 0.3) is 0 Å². The van der Waals surface area contributed by atoms with Crippen molar-refractivity contribution < 1.29 is 28.1 Å². The molecule has 0 radical (unpaired) electrons. The Hall–Kier alpha value is -1.24. The molecule has 20 heavy (non-hydrogen) atoms. The van der Waals surface area contributed by atoms with Gasteiger partial charge in [0, 0.05) is 19.3 Å². The van der Waals surface area contributed by atoms with Gasteiger partial charge in [0.15, 0.2) is 11.6 Å². The predicted molar refractivity (Wildman–Crippen MR) is 67.7 cm³/mol. The highest BCUT2D eigenvalue weighted by atomic mass is 19.1. The molecule has 2 rings (SSSR count). The van der Waals surface area contributed by atoms with E-state index in [0.717, 1.165) is 31.0 Å². The van der Waals surface area contributed by atoms with Crippen LogP contribution in [0.5, 0.6) is 5.75 Å². The molecule has 1 aromatic carbocycles. The van der Waals surface area contributed by atoms with Crippen molar-refractivity contribution >= 4 is 0 Å². The van der Waals surface area contributed by atoms with E-state index in [1.54, 1.807) is 0 Å². The van der Waals surface area contributed by atoms with Crippen LogP contribution in [0, 0.1) is 11.6 Å². The fraction of sp³-hybridized carbons (Fsp3) is 0.571. The zero-order chi connectivity index (χ0) is 14.4. The number of halogens is 2. The summed E-state index contributed by atoms with van der Waals surface area (Å²) in [7, 11) is 0. The van der Waals surface area contributed by atoms with Gasteiger partial charge in [-0.05, 0) is 25.0 Å². The number of benzene rings is 1. The van der Waals surface area contributed by atoms with Gasteiger partial charge < -0.3 is 19.3 Å². The largest absolute Gasteiger partial charge is 0.488 e. The Morgan fingerprint density at radius 3 is 2.75 bits per heavy atom. The number of hydrogen-bond acceptors (Lipinski definition) is 4. The zero-order valence-electron chi connectivity index (χ0n) is 11.1. The fourth-order valence-electron chi connectivity index (χ4n) is 1.91. The molecular weight excluding hydrogens is 270 g/mol. The Balaban J connectivity index is 1.71. The maximum atomic E-state index is 13.3. The smallest absolute Gasteiger partial charge is 0.165 e. The van der Waals surface area contributed by atoms with Crippen molar-refractivity contribution in [1.29, 1.82) is 0 Å². The van der Waals surface area contributed by atoms with Gasteiger partial charge in [0.2, 0.25) is 0 Å². The number of rotatable bonds is 6. The van der Waals surface area contributed by atoms with E-state index in [2.05, 4.69) is 0 Å². The summed E-state index contributed by atoms with van der Waals surface area (Å²) in [5.74, 6) is -1.46. The highest BCUT2D eigenvalue weighted by Gasteiger charge is 2.16. The first kappa shape index (κ1) is 15.2. The molecule has 1 heterocycles. The SMILES string of the molecule is OC(COc1cc(F)ccc1F)COC1CCOCC1. The molecule has 1 aliphatic rings. The van der Waals surface area contributed by atoms with Crippen molar-refractivity contribution in [2.75, 3.05) is 26.4 Å². The van der Waals surface area contributed by atoms with Crippen LogP contribution in [-0.2, 0) is 9.47 Å². The standard InChI is InChI=1S/C14H18F2O4/c15-10-1-2-13(16)14(7-10)20-9-11(17)8-19-12-3-5-18-6-4-12/h1-2,7,11-12,17H,3-6,8-9H2. The molecule has 1 unspecified atom stereocenters. The lowest BCUT2D eigenvalue weighted by atomic mass is 10.1. The summed E-state index contributed by atoms with van der Waals surface area (Å²) in [6.07, 6.45) is 0.780. The second-order valence-electron chi connectivity index (χ2n) is 4.68. The molecule has 1 fully saturated rings. The minimum absolute atomic E-state index is 0.0734. The third kappa shape index (κ3) is 4.70. The van der Waals surface area contributed by atoms with Gasteiger partial charge in [-0.3, -0.25) is 0 Å². The Morgan fingerprint density at radius 2 is 2.00 bits per heavy atom. The number of aliphatic hydroxyl groups is 1. The van der Waals surface area contributed by atoms with Gasteiger partial charge in [-0.1, -0.05) is 0 Å². The minimum Gasteiger partial charge on any atom is -0.488 e. The van der Waals surface area contributed by atoms with Gasteiger partial charge in [0.1, 0.15) is 18.5 Å². The maximum absolute atomic E-state index is 13.3. The van der Waals surface area contributed by atoms with Crippen LogP contribution >= 0.6 is 0 Å². The van der Waals surface area contributed by atoms with E-state index in [1.165, 1.54) is 0 Å². The number of aliphatic hydroxyl groups excluding tert-OH is 1. The van der Waals surface area contributed by atoms with Crippen LogP contribution in [-0.4, -0.2) is 43.7 Å². The molecule has 0 amide bonds. The van der Waals surface area contributed by atoms with Crippen molar-refractivity contribution in [2.45, 2.75) is 25.0 Å². The third-order valence-corrected chi connectivity index (χ3v) is 3.02. The predicted octanol–water partition coefficient (Wildman–Crippen LogP) is 1.90. The Labute approximate surface area is 116 Å². The van der Waals surface area contributed by atoms with Crippen molar-refractivity contribution in [3.8, 4) is 5.75 Å². The molecule has 112 valence electrons. The molecule has 0 bridgehead atoms. The van der Waals surface area contributed by atoms with Crippen LogP contribution in [0.2, 0.25) is 0 Å². The van der Waals surface area contributed by atoms with E-state index in [0.29, 0.717) is 13.2 Å². The molecule has 0 saturated carbocycles. The first-order chi connectivity index (χ1) is 9.65. The van der Waals surface area contributed by atoms with Crippen LogP contribution in [0.15, 0.2) is 18.2 Å². The quantitative estimate of drug-likeness (QED) is 0.868. The molecule has 6 heteroatoms. The van der Waals surface area contributed by atoms with Crippen molar-refractivity contribution in [1.82, 2.24) is 0 Å². The third-order valence-electron chi connectivity index (χ3n) is 3.02. The summed E-state index contributed by atoms with van der Waals surface area (Å²) in [4.78, 5) is 0.